The van der Waals surface area contributed by atoms with Gasteiger partial charge in [0.1, 0.15) is 0 Å². The number of rotatable bonds is 5. The summed E-state index contributed by atoms with van der Waals surface area (Å²) < 4.78 is 0. The fourth-order valence-corrected chi connectivity index (χ4v) is 4.87. The van der Waals surface area contributed by atoms with Gasteiger partial charge in [-0.3, -0.25) is 19.8 Å². The molecule has 0 bridgehead atoms. The molecule has 1 atom stereocenters. The van der Waals surface area contributed by atoms with E-state index in [-0.39, 0.29) is 17.7 Å². The van der Waals surface area contributed by atoms with E-state index in [1.807, 2.05) is 48.5 Å². The zero-order valence-electron chi connectivity index (χ0n) is 16.7. The molecule has 0 saturated carbocycles. The van der Waals surface area contributed by atoms with Crippen LogP contribution in [0.2, 0.25) is 0 Å². The van der Waals surface area contributed by atoms with Gasteiger partial charge < -0.3 is 0 Å². The minimum atomic E-state index is -0.582. The van der Waals surface area contributed by atoms with Gasteiger partial charge in [0.15, 0.2) is 0 Å². The second-order valence-electron chi connectivity index (χ2n) is 8.10. The van der Waals surface area contributed by atoms with Crippen LogP contribution in [-0.2, 0) is 15.0 Å². The number of benzene rings is 2. The Balaban J connectivity index is 1.44. The molecule has 2 heterocycles. The summed E-state index contributed by atoms with van der Waals surface area (Å²) >= 11 is 0. The molecule has 0 spiro atoms. The number of carbonyl (C=O) groups excluding carboxylic acids is 2. The summed E-state index contributed by atoms with van der Waals surface area (Å²) in [5, 5.41) is 2.63. The topological polar surface area (TPSA) is 49.4 Å². The molecule has 4 heteroatoms. The van der Waals surface area contributed by atoms with Gasteiger partial charge >= 0.3 is 0 Å². The molecular formula is C25H28N2O2. The summed E-state index contributed by atoms with van der Waals surface area (Å²) in [6.45, 7) is 2.86. The quantitative estimate of drug-likeness (QED) is 0.793. The highest BCUT2D eigenvalue weighted by atomic mass is 16.2. The normalized spacial score (nSPS) is 24.0. The highest BCUT2D eigenvalue weighted by Gasteiger charge is 2.50. The number of carbonyl (C=O) groups is 2. The zero-order chi connectivity index (χ0) is 20.1. The van der Waals surface area contributed by atoms with E-state index in [4.69, 9.17) is 0 Å². The molecule has 2 saturated heterocycles. The number of imide groups is 1. The van der Waals surface area contributed by atoms with Crippen LogP contribution in [-0.4, -0.2) is 36.3 Å². The van der Waals surface area contributed by atoms with E-state index in [0.717, 1.165) is 38.0 Å². The maximum atomic E-state index is 13.1. The summed E-state index contributed by atoms with van der Waals surface area (Å²) in [7, 11) is 0. The van der Waals surface area contributed by atoms with E-state index in [1.165, 1.54) is 5.56 Å². The van der Waals surface area contributed by atoms with Crippen molar-refractivity contribution in [2.45, 2.75) is 31.1 Å². The average Bonchev–Trinajstić information content (AvgIpc) is 2.76. The molecule has 29 heavy (non-hydrogen) atoms. The molecule has 0 aliphatic carbocycles. The second-order valence-corrected chi connectivity index (χ2v) is 8.10. The Morgan fingerprint density at radius 2 is 1.62 bits per heavy atom. The fourth-order valence-electron chi connectivity index (χ4n) is 4.87. The molecule has 1 N–H and O–H groups in total. The van der Waals surface area contributed by atoms with Gasteiger partial charge in [0.2, 0.25) is 11.8 Å². The monoisotopic (exact) mass is 388 g/mol. The molecule has 2 aliphatic rings. The van der Waals surface area contributed by atoms with Crippen molar-refractivity contribution in [2.75, 3.05) is 19.6 Å². The van der Waals surface area contributed by atoms with E-state index in [1.54, 1.807) is 0 Å². The van der Waals surface area contributed by atoms with Gasteiger partial charge in [0, 0.05) is 13.0 Å². The highest BCUT2D eigenvalue weighted by molar-refractivity contribution is 6.03. The standard InChI is InChI=1S/C25H28N2O2/c28-23-13-16-25(24(29)26-23,21-11-5-2-6-12-21)22-14-18-27(19-15-22)17-7-10-20-8-3-1-4-9-20/h1-12,22H,13-19H2,(H,26,28,29)/b10-7+/t25-/m1/s1. The predicted octanol–water partition coefficient (Wildman–Crippen LogP) is 3.79. The molecule has 2 aromatic carbocycles. The van der Waals surface area contributed by atoms with Crippen LogP contribution in [0.4, 0.5) is 0 Å². The lowest BCUT2D eigenvalue weighted by Gasteiger charge is -2.45. The molecule has 0 unspecified atom stereocenters. The lowest BCUT2D eigenvalue weighted by Crippen LogP contribution is -2.57. The Bertz CT molecular complexity index is 870. The van der Waals surface area contributed by atoms with Crippen molar-refractivity contribution < 1.29 is 9.59 Å². The first-order valence-electron chi connectivity index (χ1n) is 10.5. The maximum absolute atomic E-state index is 13.1. The fraction of sp³-hybridized carbons (Fsp3) is 0.360. The molecule has 0 aromatic heterocycles. The lowest BCUT2D eigenvalue weighted by molar-refractivity contribution is -0.140. The molecule has 2 amide bonds. The zero-order valence-corrected chi connectivity index (χ0v) is 16.7. The van der Waals surface area contributed by atoms with Gasteiger partial charge in [-0.15, -0.1) is 0 Å². The lowest BCUT2D eigenvalue weighted by atomic mass is 9.62. The summed E-state index contributed by atoms with van der Waals surface area (Å²) in [5.74, 6) is -0.000215. The minimum Gasteiger partial charge on any atom is -0.300 e. The van der Waals surface area contributed by atoms with Gasteiger partial charge in [-0.05, 0) is 49.4 Å². The first kappa shape index (κ1) is 19.6. The van der Waals surface area contributed by atoms with Crippen molar-refractivity contribution in [3.63, 3.8) is 0 Å². The van der Waals surface area contributed by atoms with Gasteiger partial charge in [-0.25, -0.2) is 0 Å². The van der Waals surface area contributed by atoms with E-state index < -0.39 is 5.41 Å². The first-order valence-corrected chi connectivity index (χ1v) is 10.5. The van der Waals surface area contributed by atoms with Crippen LogP contribution in [0.15, 0.2) is 66.7 Å². The van der Waals surface area contributed by atoms with Gasteiger partial charge in [0.25, 0.3) is 0 Å². The maximum Gasteiger partial charge on any atom is 0.237 e. The third-order valence-electron chi connectivity index (χ3n) is 6.45. The predicted molar refractivity (Wildman–Crippen MR) is 115 cm³/mol. The first-order chi connectivity index (χ1) is 14.2. The Morgan fingerprint density at radius 1 is 0.966 bits per heavy atom. The molecule has 2 fully saturated rings. The molecule has 2 aromatic rings. The van der Waals surface area contributed by atoms with Crippen molar-refractivity contribution >= 4 is 17.9 Å². The molecule has 2 aliphatic heterocycles. The Labute approximate surface area is 172 Å². The van der Waals surface area contributed by atoms with Crippen molar-refractivity contribution in [3.05, 3.63) is 77.9 Å². The van der Waals surface area contributed by atoms with Gasteiger partial charge in [0.05, 0.1) is 5.41 Å². The van der Waals surface area contributed by atoms with Crippen LogP contribution >= 0.6 is 0 Å². The number of nitrogens with zero attached hydrogens (tertiary/aromatic N) is 1. The average molecular weight is 389 g/mol. The summed E-state index contributed by atoms with van der Waals surface area (Å²) in [4.78, 5) is 27.3. The SMILES string of the molecule is O=C1CC[C@@](c2ccccc2)(C2CCN(C/C=C/c3ccccc3)CC2)C(=O)N1. The number of likely N-dealkylation sites (tertiary alicyclic amines) is 1. The number of hydrogen-bond donors (Lipinski definition) is 1. The number of hydrogen-bond acceptors (Lipinski definition) is 3. The summed E-state index contributed by atoms with van der Waals surface area (Å²) in [6, 6.07) is 20.4. The highest BCUT2D eigenvalue weighted by Crippen LogP contribution is 2.44. The minimum absolute atomic E-state index is 0.109. The van der Waals surface area contributed by atoms with Crippen LogP contribution in [0.1, 0.15) is 36.8 Å². The van der Waals surface area contributed by atoms with E-state index in [0.29, 0.717) is 12.8 Å². The van der Waals surface area contributed by atoms with Crippen molar-refractivity contribution in [2.24, 2.45) is 5.92 Å². The van der Waals surface area contributed by atoms with Crippen LogP contribution in [0.5, 0.6) is 0 Å². The smallest absolute Gasteiger partial charge is 0.237 e. The summed E-state index contributed by atoms with van der Waals surface area (Å²) in [6.07, 6.45) is 7.35. The third kappa shape index (κ3) is 4.18. The number of amides is 2. The van der Waals surface area contributed by atoms with Crippen molar-refractivity contribution in [1.29, 1.82) is 0 Å². The van der Waals surface area contributed by atoms with Crippen LogP contribution < -0.4 is 5.32 Å². The third-order valence-corrected chi connectivity index (χ3v) is 6.45. The second kappa shape index (κ2) is 8.75. The van der Waals surface area contributed by atoms with E-state index in [2.05, 4.69) is 34.5 Å². The molecule has 0 radical (unpaired) electrons. The van der Waals surface area contributed by atoms with Crippen molar-refractivity contribution in [1.82, 2.24) is 10.2 Å². The Kier molecular flexibility index (Phi) is 5.91. The molecular weight excluding hydrogens is 360 g/mol. The van der Waals surface area contributed by atoms with Gasteiger partial charge in [-0.2, -0.15) is 0 Å². The molecule has 150 valence electrons. The number of nitrogens with one attached hydrogen (secondary N) is 1. The van der Waals surface area contributed by atoms with Crippen LogP contribution in [0.3, 0.4) is 0 Å². The van der Waals surface area contributed by atoms with Gasteiger partial charge in [-0.1, -0.05) is 72.8 Å². The van der Waals surface area contributed by atoms with Crippen LogP contribution in [0, 0.1) is 5.92 Å². The van der Waals surface area contributed by atoms with Crippen LogP contribution in [0.25, 0.3) is 6.08 Å². The summed E-state index contributed by atoms with van der Waals surface area (Å²) in [5.41, 5.74) is 1.68. The largest absolute Gasteiger partial charge is 0.300 e. The Morgan fingerprint density at radius 3 is 2.28 bits per heavy atom. The molecule has 4 rings (SSSR count). The van der Waals surface area contributed by atoms with E-state index >= 15 is 0 Å². The van der Waals surface area contributed by atoms with E-state index in [9.17, 15) is 9.59 Å². The molecule has 4 nitrogen and oxygen atoms in total. The Hall–Kier alpha value is -2.72. The number of piperidine rings is 2. The van der Waals surface area contributed by atoms with Crippen molar-refractivity contribution in [3.8, 4) is 0 Å².